The summed E-state index contributed by atoms with van der Waals surface area (Å²) in [6.07, 6.45) is 0. The van der Waals surface area contributed by atoms with Gasteiger partial charge in [0.15, 0.2) is 0 Å². The maximum atomic E-state index is 9.32. The van der Waals surface area contributed by atoms with Gasteiger partial charge in [0.05, 0.1) is 5.56 Å². The van der Waals surface area contributed by atoms with Crippen molar-refractivity contribution in [3.05, 3.63) is 22.9 Å². The van der Waals surface area contributed by atoms with Crippen LogP contribution in [-0.4, -0.2) is 30.2 Å². The highest BCUT2D eigenvalue weighted by Gasteiger charge is 2.24. The van der Waals surface area contributed by atoms with Crippen LogP contribution in [0.15, 0.2) is 6.07 Å². The Hall–Kier alpha value is -1.60. The molecule has 0 amide bonds. The van der Waals surface area contributed by atoms with Gasteiger partial charge in [0.2, 0.25) is 0 Å². The van der Waals surface area contributed by atoms with Crippen molar-refractivity contribution in [3.8, 4) is 6.07 Å². The zero-order valence-electron chi connectivity index (χ0n) is 11.5. The van der Waals surface area contributed by atoms with Gasteiger partial charge in [0.25, 0.3) is 0 Å². The summed E-state index contributed by atoms with van der Waals surface area (Å²) in [5, 5.41) is 12.8. The van der Waals surface area contributed by atoms with Gasteiger partial charge in [-0.1, -0.05) is 0 Å². The van der Waals surface area contributed by atoms with Gasteiger partial charge in [0, 0.05) is 30.9 Å². The van der Waals surface area contributed by atoms with E-state index < -0.39 is 0 Å². The van der Waals surface area contributed by atoms with E-state index in [1.165, 1.54) is 0 Å². The summed E-state index contributed by atoms with van der Waals surface area (Å²) in [4.78, 5) is 6.80. The standard InChI is InChI=1S/C14H20N4/c1-9-5-10(2)17-14(13(9)6-15)18-7-11(3)16-12(4)8-18/h5,11-12,16H,7-8H2,1-4H3. The molecule has 96 valence electrons. The SMILES string of the molecule is Cc1cc(C)c(C#N)c(N2CC(C)NC(C)C2)n1. The zero-order chi connectivity index (χ0) is 13.3. The lowest BCUT2D eigenvalue weighted by Gasteiger charge is -2.37. The Bertz CT molecular complexity index is 479. The molecule has 1 N–H and O–H groups in total. The Labute approximate surface area is 109 Å². The van der Waals surface area contributed by atoms with Crippen molar-refractivity contribution in [1.82, 2.24) is 10.3 Å². The first-order valence-electron chi connectivity index (χ1n) is 6.40. The molecule has 2 rings (SSSR count). The Kier molecular flexibility index (Phi) is 3.53. The van der Waals surface area contributed by atoms with Gasteiger partial charge >= 0.3 is 0 Å². The molecule has 0 radical (unpaired) electrons. The Morgan fingerprint density at radius 1 is 1.33 bits per heavy atom. The smallest absolute Gasteiger partial charge is 0.147 e. The summed E-state index contributed by atoms with van der Waals surface area (Å²) in [6, 6.07) is 5.10. The van der Waals surface area contributed by atoms with Gasteiger partial charge in [-0.25, -0.2) is 4.98 Å². The fourth-order valence-electron chi connectivity index (χ4n) is 2.68. The predicted molar refractivity (Wildman–Crippen MR) is 72.7 cm³/mol. The maximum absolute atomic E-state index is 9.32. The monoisotopic (exact) mass is 244 g/mol. The van der Waals surface area contributed by atoms with Crippen LogP contribution in [0.3, 0.4) is 0 Å². The van der Waals surface area contributed by atoms with Gasteiger partial charge in [0.1, 0.15) is 11.9 Å². The lowest BCUT2D eigenvalue weighted by atomic mass is 10.1. The summed E-state index contributed by atoms with van der Waals surface area (Å²) in [5.41, 5.74) is 2.70. The molecule has 18 heavy (non-hydrogen) atoms. The zero-order valence-corrected chi connectivity index (χ0v) is 11.5. The molecule has 4 nitrogen and oxygen atoms in total. The number of piperazine rings is 1. The molecule has 0 aliphatic carbocycles. The van der Waals surface area contributed by atoms with Crippen LogP contribution in [0.1, 0.15) is 30.7 Å². The van der Waals surface area contributed by atoms with E-state index >= 15 is 0 Å². The predicted octanol–water partition coefficient (Wildman–Crippen LogP) is 1.76. The summed E-state index contributed by atoms with van der Waals surface area (Å²) in [7, 11) is 0. The molecule has 0 aromatic carbocycles. The van der Waals surface area contributed by atoms with Gasteiger partial charge < -0.3 is 10.2 Å². The molecule has 1 aliphatic heterocycles. The number of nitrogens with zero attached hydrogens (tertiary/aromatic N) is 3. The summed E-state index contributed by atoms with van der Waals surface area (Å²) >= 11 is 0. The molecule has 1 aromatic rings. The molecular weight excluding hydrogens is 224 g/mol. The average molecular weight is 244 g/mol. The number of hydrogen-bond acceptors (Lipinski definition) is 4. The lowest BCUT2D eigenvalue weighted by Crippen LogP contribution is -2.54. The molecule has 2 heterocycles. The minimum Gasteiger partial charge on any atom is -0.352 e. The number of nitrogens with one attached hydrogen (secondary N) is 1. The number of aryl methyl sites for hydroxylation is 2. The fourth-order valence-corrected chi connectivity index (χ4v) is 2.68. The van der Waals surface area contributed by atoms with Crippen LogP contribution in [0.25, 0.3) is 0 Å². The summed E-state index contributed by atoms with van der Waals surface area (Å²) < 4.78 is 0. The van der Waals surface area contributed by atoms with Crippen LogP contribution in [0.4, 0.5) is 5.82 Å². The number of pyridine rings is 1. The highest BCUT2D eigenvalue weighted by Crippen LogP contribution is 2.23. The van der Waals surface area contributed by atoms with E-state index in [-0.39, 0.29) is 0 Å². The molecule has 2 unspecified atom stereocenters. The van der Waals surface area contributed by atoms with E-state index in [1.54, 1.807) is 0 Å². The third kappa shape index (κ3) is 2.46. The number of hydrogen-bond donors (Lipinski definition) is 1. The van der Waals surface area contributed by atoms with E-state index in [4.69, 9.17) is 0 Å². The van der Waals surface area contributed by atoms with Crippen molar-refractivity contribution in [2.24, 2.45) is 0 Å². The second-order valence-electron chi connectivity index (χ2n) is 5.26. The molecule has 4 heteroatoms. The highest BCUT2D eigenvalue weighted by molar-refractivity contribution is 5.58. The molecule has 1 saturated heterocycles. The molecule has 0 bridgehead atoms. The first kappa shape index (κ1) is 12.8. The largest absolute Gasteiger partial charge is 0.352 e. The minimum absolute atomic E-state index is 0.419. The van der Waals surface area contributed by atoms with Gasteiger partial charge in [-0.2, -0.15) is 5.26 Å². The van der Waals surface area contributed by atoms with Crippen LogP contribution in [0, 0.1) is 25.2 Å². The molecule has 1 fully saturated rings. The average Bonchev–Trinajstić information content (AvgIpc) is 2.26. The quantitative estimate of drug-likeness (QED) is 0.818. The van der Waals surface area contributed by atoms with E-state index in [1.807, 2.05) is 19.9 Å². The second-order valence-corrected chi connectivity index (χ2v) is 5.26. The van der Waals surface area contributed by atoms with Crippen LogP contribution >= 0.6 is 0 Å². The normalized spacial score (nSPS) is 23.8. The second kappa shape index (κ2) is 4.95. The first-order valence-corrected chi connectivity index (χ1v) is 6.40. The Morgan fingerprint density at radius 3 is 2.50 bits per heavy atom. The topological polar surface area (TPSA) is 52.0 Å². The number of aromatic nitrogens is 1. The molecule has 1 aromatic heterocycles. The van der Waals surface area contributed by atoms with Gasteiger partial charge in [-0.15, -0.1) is 0 Å². The molecule has 2 atom stereocenters. The Balaban J connectivity index is 2.41. The van der Waals surface area contributed by atoms with Crippen molar-refractivity contribution >= 4 is 5.82 Å². The van der Waals surface area contributed by atoms with Crippen LogP contribution in [0.2, 0.25) is 0 Å². The molecule has 0 spiro atoms. The van der Waals surface area contributed by atoms with E-state index in [0.717, 1.165) is 30.2 Å². The van der Waals surface area contributed by atoms with Crippen molar-refractivity contribution in [2.45, 2.75) is 39.8 Å². The minimum atomic E-state index is 0.419. The number of rotatable bonds is 1. The highest BCUT2D eigenvalue weighted by atomic mass is 15.3. The van der Waals surface area contributed by atoms with E-state index in [0.29, 0.717) is 17.6 Å². The summed E-state index contributed by atoms with van der Waals surface area (Å²) in [5.74, 6) is 0.843. The van der Waals surface area contributed by atoms with Crippen LogP contribution in [-0.2, 0) is 0 Å². The van der Waals surface area contributed by atoms with Crippen LogP contribution < -0.4 is 10.2 Å². The van der Waals surface area contributed by atoms with Crippen molar-refractivity contribution in [1.29, 1.82) is 5.26 Å². The van der Waals surface area contributed by atoms with Crippen LogP contribution in [0.5, 0.6) is 0 Å². The van der Waals surface area contributed by atoms with Crippen molar-refractivity contribution < 1.29 is 0 Å². The lowest BCUT2D eigenvalue weighted by molar-refractivity contribution is 0.405. The number of anilines is 1. The fraction of sp³-hybridized carbons (Fsp3) is 0.571. The molecule has 1 aliphatic rings. The van der Waals surface area contributed by atoms with E-state index in [2.05, 4.69) is 35.1 Å². The first-order chi connectivity index (χ1) is 8.51. The van der Waals surface area contributed by atoms with Crippen molar-refractivity contribution in [2.75, 3.05) is 18.0 Å². The molecular formula is C14H20N4. The van der Waals surface area contributed by atoms with Gasteiger partial charge in [-0.3, -0.25) is 0 Å². The van der Waals surface area contributed by atoms with Crippen molar-refractivity contribution in [3.63, 3.8) is 0 Å². The summed E-state index contributed by atoms with van der Waals surface area (Å²) in [6.45, 7) is 10.1. The third-order valence-corrected chi connectivity index (χ3v) is 3.29. The Morgan fingerprint density at radius 2 is 1.94 bits per heavy atom. The maximum Gasteiger partial charge on any atom is 0.147 e. The third-order valence-electron chi connectivity index (χ3n) is 3.29. The van der Waals surface area contributed by atoms with Gasteiger partial charge in [-0.05, 0) is 39.3 Å². The number of nitriles is 1. The molecule has 0 saturated carbocycles. The van der Waals surface area contributed by atoms with E-state index in [9.17, 15) is 5.26 Å².